The molecule has 4 N–H and O–H groups in total. The smallest absolute Gasteiger partial charge is 0.386 e. The number of aromatic nitrogens is 3. The summed E-state index contributed by atoms with van der Waals surface area (Å²) >= 11 is 0. The standard InChI is InChI=1S/C49H55F3N8O6/c1-47(2,66)34-24-32(14-15-36(34)55-43(62)38-8-5-9-40(54-38)49(50,51)52)59-23-20-35(57-59)29-12-10-28(11-13-29)27-58(3)31-18-21-48(22-19-31)25-30(26-48)53-37-7-4-6-33-42(37)46(65)60(45(33)64)39-16-17-41(61)56-44(39)63/h4-9,14-15,20,23-24,28-31,39,53,66H,10-13,16-19,21-22,25-27H2,1-3H3,(H,55,62)(H,56,61,63). The molecule has 1 unspecified atom stereocenters. The first-order valence-corrected chi connectivity index (χ1v) is 23.0. The van der Waals surface area contributed by atoms with Gasteiger partial charge in [0.2, 0.25) is 11.8 Å². The first-order valence-electron chi connectivity index (χ1n) is 23.0. The number of fused-ring (bicyclic) bond motifs is 1. The number of benzene rings is 2. The third kappa shape index (κ3) is 8.98. The molecular formula is C49H55F3N8O6. The molecule has 5 amide bonds. The topological polar surface area (TPSA) is 179 Å². The normalized spacial score (nSPS) is 25.8. The first-order chi connectivity index (χ1) is 31.4. The zero-order valence-corrected chi connectivity index (χ0v) is 37.3. The molecule has 348 valence electrons. The lowest BCUT2D eigenvalue weighted by Gasteiger charge is -2.53. The predicted octanol–water partition coefficient (Wildman–Crippen LogP) is 7.58. The number of aliphatic hydroxyl groups is 1. The summed E-state index contributed by atoms with van der Waals surface area (Å²) in [6.07, 6.45) is 8.23. The number of hydrogen-bond donors (Lipinski definition) is 4. The van der Waals surface area contributed by atoms with E-state index < -0.39 is 58.7 Å². The summed E-state index contributed by atoms with van der Waals surface area (Å²) in [6.45, 7) is 4.19. The highest BCUT2D eigenvalue weighted by molar-refractivity contribution is 6.25. The monoisotopic (exact) mass is 908 g/mol. The van der Waals surface area contributed by atoms with Gasteiger partial charge in [-0.25, -0.2) is 9.67 Å². The lowest BCUT2D eigenvalue weighted by Crippen LogP contribution is -2.54. The minimum atomic E-state index is -4.70. The van der Waals surface area contributed by atoms with Gasteiger partial charge in [-0.1, -0.05) is 12.1 Å². The van der Waals surface area contributed by atoms with Crippen LogP contribution < -0.4 is 16.0 Å². The van der Waals surface area contributed by atoms with Crippen molar-refractivity contribution in [3.63, 3.8) is 0 Å². The molecule has 14 nitrogen and oxygen atoms in total. The van der Waals surface area contributed by atoms with Crippen molar-refractivity contribution in [3.8, 4) is 5.69 Å². The van der Waals surface area contributed by atoms with E-state index in [0.29, 0.717) is 40.4 Å². The van der Waals surface area contributed by atoms with Gasteiger partial charge in [0, 0.05) is 54.1 Å². The van der Waals surface area contributed by atoms with Gasteiger partial charge in [0.15, 0.2) is 0 Å². The number of nitrogens with zero attached hydrogens (tertiary/aromatic N) is 5. The summed E-state index contributed by atoms with van der Waals surface area (Å²) in [5.41, 5.74) is 0.799. The molecule has 4 fully saturated rings. The maximum atomic E-state index is 13.6. The molecule has 3 saturated carbocycles. The maximum Gasteiger partial charge on any atom is 0.433 e. The van der Waals surface area contributed by atoms with Crippen LogP contribution in [0.25, 0.3) is 5.69 Å². The van der Waals surface area contributed by atoms with Gasteiger partial charge in [-0.15, -0.1) is 0 Å². The Morgan fingerprint density at radius 3 is 2.33 bits per heavy atom. The molecule has 4 aromatic rings. The lowest BCUT2D eigenvalue weighted by molar-refractivity contribution is -0.141. The van der Waals surface area contributed by atoms with Crippen LogP contribution in [0.1, 0.15) is 145 Å². The quantitative estimate of drug-likeness (QED) is 0.110. The van der Waals surface area contributed by atoms with Gasteiger partial charge in [0.1, 0.15) is 17.4 Å². The summed E-state index contributed by atoms with van der Waals surface area (Å²) in [4.78, 5) is 71.2. The Balaban J connectivity index is 0.740. The zero-order chi connectivity index (χ0) is 46.7. The summed E-state index contributed by atoms with van der Waals surface area (Å²) in [6, 6.07) is 15.2. The van der Waals surface area contributed by atoms with E-state index in [1.165, 1.54) is 6.07 Å². The van der Waals surface area contributed by atoms with Crippen LogP contribution in [-0.2, 0) is 21.4 Å². The number of alkyl halides is 3. The third-order valence-electron chi connectivity index (χ3n) is 14.7. The molecule has 0 bridgehead atoms. The van der Waals surface area contributed by atoms with Crippen LogP contribution in [0, 0.1) is 11.3 Å². The molecule has 1 saturated heterocycles. The van der Waals surface area contributed by atoms with E-state index in [1.807, 2.05) is 18.3 Å². The fourth-order valence-corrected chi connectivity index (χ4v) is 11.1. The minimum Gasteiger partial charge on any atom is -0.386 e. The van der Waals surface area contributed by atoms with Crippen LogP contribution in [0.5, 0.6) is 0 Å². The molecular weight excluding hydrogens is 854 g/mol. The molecule has 2 aromatic heterocycles. The Morgan fingerprint density at radius 2 is 1.64 bits per heavy atom. The fourth-order valence-electron chi connectivity index (χ4n) is 11.1. The largest absolute Gasteiger partial charge is 0.433 e. The third-order valence-corrected chi connectivity index (χ3v) is 14.7. The van der Waals surface area contributed by atoms with Gasteiger partial charge < -0.3 is 20.6 Å². The maximum absolute atomic E-state index is 13.6. The van der Waals surface area contributed by atoms with Crippen LogP contribution >= 0.6 is 0 Å². The number of piperidine rings is 1. The highest BCUT2D eigenvalue weighted by Crippen LogP contribution is 2.53. The second-order valence-corrected chi connectivity index (χ2v) is 19.6. The molecule has 9 rings (SSSR count). The van der Waals surface area contributed by atoms with E-state index in [1.54, 1.807) is 48.9 Å². The van der Waals surface area contributed by atoms with E-state index in [2.05, 4.69) is 32.9 Å². The van der Waals surface area contributed by atoms with Gasteiger partial charge in [-0.3, -0.25) is 34.2 Å². The van der Waals surface area contributed by atoms with Gasteiger partial charge in [0.25, 0.3) is 17.7 Å². The summed E-state index contributed by atoms with van der Waals surface area (Å²) in [5, 5.41) is 24.4. The zero-order valence-electron chi connectivity index (χ0n) is 37.3. The summed E-state index contributed by atoms with van der Waals surface area (Å²) in [5.74, 6) is -1.93. The van der Waals surface area contributed by atoms with E-state index in [-0.39, 0.29) is 35.5 Å². The van der Waals surface area contributed by atoms with Crippen molar-refractivity contribution in [2.75, 3.05) is 24.2 Å². The molecule has 2 aromatic carbocycles. The molecule has 0 radical (unpaired) electrons. The number of hydrogen-bond acceptors (Lipinski definition) is 10. The molecule has 66 heavy (non-hydrogen) atoms. The van der Waals surface area contributed by atoms with Crippen molar-refractivity contribution < 1.29 is 42.3 Å². The van der Waals surface area contributed by atoms with Crippen LogP contribution in [-0.4, -0.2) is 90.9 Å². The number of carbonyl (C=O) groups is 5. The molecule has 5 aliphatic rings. The predicted molar refractivity (Wildman–Crippen MR) is 238 cm³/mol. The Morgan fingerprint density at radius 1 is 0.909 bits per heavy atom. The average molecular weight is 909 g/mol. The van der Waals surface area contributed by atoms with Crippen LogP contribution in [0.2, 0.25) is 0 Å². The van der Waals surface area contributed by atoms with Crippen LogP contribution in [0.15, 0.2) is 66.9 Å². The molecule has 1 spiro atoms. The van der Waals surface area contributed by atoms with Crippen molar-refractivity contribution in [1.29, 1.82) is 0 Å². The fraction of sp³-hybridized carbons (Fsp3) is 0.490. The number of carbonyl (C=O) groups excluding carboxylic acids is 5. The second-order valence-electron chi connectivity index (χ2n) is 19.6. The van der Waals surface area contributed by atoms with E-state index >= 15 is 0 Å². The second kappa shape index (κ2) is 17.4. The van der Waals surface area contributed by atoms with E-state index in [0.717, 1.165) is 93.5 Å². The first kappa shape index (κ1) is 45.2. The van der Waals surface area contributed by atoms with Crippen molar-refractivity contribution in [2.45, 2.75) is 127 Å². The summed E-state index contributed by atoms with van der Waals surface area (Å²) < 4.78 is 41.4. The number of halogens is 3. The Hall–Kier alpha value is -5.94. The molecule has 4 heterocycles. The van der Waals surface area contributed by atoms with Crippen molar-refractivity contribution in [3.05, 3.63) is 101 Å². The Labute approximate surface area is 380 Å². The number of imide groups is 2. The van der Waals surface area contributed by atoms with Crippen molar-refractivity contribution in [2.24, 2.45) is 11.3 Å². The number of rotatable bonds is 11. The highest BCUT2D eigenvalue weighted by Gasteiger charge is 2.49. The van der Waals surface area contributed by atoms with Crippen molar-refractivity contribution >= 4 is 40.9 Å². The average Bonchev–Trinajstić information content (AvgIpc) is 3.86. The molecule has 1 atom stereocenters. The number of amides is 5. The Bertz CT molecular complexity index is 2560. The number of pyridine rings is 1. The van der Waals surface area contributed by atoms with Crippen molar-refractivity contribution in [1.82, 2.24) is 29.9 Å². The SMILES string of the molecule is CN(CC1CCC(c2ccn(-c3ccc(NC(=O)c4cccc(C(F)(F)F)n4)c(C(C)(C)O)c3)n2)CC1)C1CCC2(CC1)CC(Nc1cccc3c1C(=O)N(C1CCC(=O)NC1=O)C3=O)C2. The molecule has 3 aliphatic carbocycles. The lowest BCUT2D eigenvalue weighted by atomic mass is 9.57. The Kier molecular flexibility index (Phi) is 11.9. The van der Waals surface area contributed by atoms with Crippen LogP contribution in [0.3, 0.4) is 0 Å². The van der Waals surface area contributed by atoms with E-state index in [4.69, 9.17) is 5.10 Å². The highest BCUT2D eigenvalue weighted by atomic mass is 19.4. The van der Waals surface area contributed by atoms with Gasteiger partial charge >= 0.3 is 6.18 Å². The number of nitrogens with one attached hydrogen (secondary N) is 3. The number of anilines is 2. The van der Waals surface area contributed by atoms with Gasteiger partial charge in [0.05, 0.1) is 28.1 Å². The molecule has 17 heteroatoms. The van der Waals surface area contributed by atoms with Gasteiger partial charge in [-0.05, 0) is 151 Å². The minimum absolute atomic E-state index is 0.0780. The van der Waals surface area contributed by atoms with E-state index in [9.17, 15) is 42.3 Å². The van der Waals surface area contributed by atoms with Crippen LogP contribution in [0.4, 0.5) is 24.5 Å². The van der Waals surface area contributed by atoms with Gasteiger partial charge in [-0.2, -0.15) is 18.3 Å². The molecule has 2 aliphatic heterocycles. The summed E-state index contributed by atoms with van der Waals surface area (Å²) in [7, 11) is 2.26.